The van der Waals surface area contributed by atoms with Crippen LogP contribution in [0.25, 0.3) is 5.69 Å². The van der Waals surface area contributed by atoms with Gasteiger partial charge in [0.05, 0.1) is 24.3 Å². The lowest BCUT2D eigenvalue weighted by atomic mass is 9.94. The van der Waals surface area contributed by atoms with Gasteiger partial charge in [-0.1, -0.05) is 6.07 Å². The molecular weight excluding hydrogens is 334 g/mol. The molecule has 1 fully saturated rings. The van der Waals surface area contributed by atoms with Gasteiger partial charge in [-0.05, 0) is 56.5 Å². The quantitative estimate of drug-likeness (QED) is 0.855. The highest BCUT2D eigenvalue weighted by molar-refractivity contribution is 5.93. The summed E-state index contributed by atoms with van der Waals surface area (Å²) in [5.41, 5.74) is 3.34. The molecule has 0 saturated carbocycles. The van der Waals surface area contributed by atoms with E-state index in [-0.39, 0.29) is 24.6 Å². The predicted molar refractivity (Wildman–Crippen MR) is 95.7 cm³/mol. The van der Waals surface area contributed by atoms with E-state index in [1.165, 1.54) is 0 Å². The number of aryl methyl sites for hydroxylation is 3. The number of rotatable bonds is 5. The van der Waals surface area contributed by atoms with Crippen molar-refractivity contribution in [3.63, 3.8) is 0 Å². The summed E-state index contributed by atoms with van der Waals surface area (Å²) in [6, 6.07) is 7.79. The Kier molecular flexibility index (Phi) is 4.82. The van der Waals surface area contributed by atoms with Crippen LogP contribution in [0.15, 0.2) is 24.3 Å². The van der Waals surface area contributed by atoms with Crippen molar-refractivity contribution >= 4 is 11.9 Å². The van der Waals surface area contributed by atoms with Crippen molar-refractivity contribution < 1.29 is 19.4 Å². The number of aliphatic carboxylic acids is 1. The normalized spacial score (nSPS) is 19.5. The van der Waals surface area contributed by atoms with Crippen LogP contribution in [0.4, 0.5) is 0 Å². The predicted octanol–water partition coefficient (Wildman–Crippen LogP) is 2.16. The summed E-state index contributed by atoms with van der Waals surface area (Å²) in [6.07, 6.45) is 0.303. The number of hydrogen-bond acceptors (Lipinski definition) is 4. The summed E-state index contributed by atoms with van der Waals surface area (Å²) >= 11 is 0. The highest BCUT2D eigenvalue weighted by Gasteiger charge is 2.39. The number of carbonyl (C=O) groups is 2. The molecule has 2 aromatic rings. The largest absolute Gasteiger partial charge is 0.481 e. The van der Waals surface area contributed by atoms with Crippen LogP contribution in [0.3, 0.4) is 0 Å². The van der Waals surface area contributed by atoms with Gasteiger partial charge < -0.3 is 15.2 Å². The topological polar surface area (TPSA) is 93.5 Å². The van der Waals surface area contributed by atoms with Crippen LogP contribution in [0, 0.1) is 20.8 Å². The summed E-state index contributed by atoms with van der Waals surface area (Å²) in [7, 11) is 0. The number of nitrogens with one attached hydrogen (secondary N) is 1. The average Bonchev–Trinajstić information content (AvgIpc) is 3.12. The lowest BCUT2D eigenvalue weighted by Gasteiger charge is -2.26. The van der Waals surface area contributed by atoms with Crippen LogP contribution >= 0.6 is 0 Å². The molecule has 1 aliphatic rings. The Morgan fingerprint density at radius 2 is 1.92 bits per heavy atom. The molecule has 7 nitrogen and oxygen atoms in total. The molecule has 1 aliphatic heterocycles. The Morgan fingerprint density at radius 3 is 2.50 bits per heavy atom. The van der Waals surface area contributed by atoms with Crippen molar-refractivity contribution in [1.82, 2.24) is 15.1 Å². The third kappa shape index (κ3) is 3.77. The number of amides is 1. The highest BCUT2D eigenvalue weighted by Crippen LogP contribution is 2.24. The van der Waals surface area contributed by atoms with Gasteiger partial charge in [-0.15, -0.1) is 0 Å². The van der Waals surface area contributed by atoms with E-state index in [0.29, 0.717) is 13.0 Å². The molecule has 0 spiro atoms. The maximum Gasteiger partial charge on any atom is 0.305 e. The molecule has 1 unspecified atom stereocenters. The number of benzene rings is 1. The molecule has 0 radical (unpaired) electrons. The SMILES string of the molecule is Cc1cc(C)cc(-n2nc(C(=O)NC3(CC(=O)O)CCOC3)cc2C)c1. The van der Waals surface area contributed by atoms with Crippen molar-refractivity contribution in [3.05, 3.63) is 46.8 Å². The van der Waals surface area contributed by atoms with Gasteiger partial charge in [-0.3, -0.25) is 9.59 Å². The van der Waals surface area contributed by atoms with Gasteiger partial charge in [0.15, 0.2) is 5.69 Å². The second-order valence-electron chi connectivity index (χ2n) is 7.04. The van der Waals surface area contributed by atoms with E-state index in [1.54, 1.807) is 10.7 Å². The first-order valence-electron chi connectivity index (χ1n) is 8.55. The second-order valence-corrected chi connectivity index (χ2v) is 7.04. The molecule has 1 amide bonds. The number of carboxylic acid groups (broad SMARTS) is 1. The Hall–Kier alpha value is -2.67. The number of hydrogen-bond donors (Lipinski definition) is 2. The number of carbonyl (C=O) groups excluding carboxylic acids is 1. The molecule has 1 aromatic carbocycles. The molecule has 2 N–H and O–H groups in total. The lowest BCUT2D eigenvalue weighted by Crippen LogP contribution is -2.50. The molecule has 0 aliphatic carbocycles. The standard InChI is InChI=1S/C19H23N3O4/c1-12-6-13(2)8-15(7-12)22-14(3)9-16(21-22)18(25)20-19(10-17(23)24)4-5-26-11-19/h6-9H,4-5,10-11H2,1-3H3,(H,20,25)(H,23,24). The van der Waals surface area contributed by atoms with Gasteiger partial charge in [-0.2, -0.15) is 5.10 Å². The maximum absolute atomic E-state index is 12.7. The molecule has 1 saturated heterocycles. The van der Waals surface area contributed by atoms with Gasteiger partial charge in [-0.25, -0.2) is 4.68 Å². The van der Waals surface area contributed by atoms with Gasteiger partial charge in [0.1, 0.15) is 0 Å². The Morgan fingerprint density at radius 1 is 1.23 bits per heavy atom. The molecule has 1 aromatic heterocycles. The van der Waals surface area contributed by atoms with Gasteiger partial charge in [0, 0.05) is 12.3 Å². The van der Waals surface area contributed by atoms with E-state index in [2.05, 4.69) is 16.5 Å². The van der Waals surface area contributed by atoms with Crippen LogP contribution in [-0.2, 0) is 9.53 Å². The summed E-state index contributed by atoms with van der Waals surface area (Å²) in [6.45, 7) is 6.54. The molecule has 3 rings (SSSR count). The van der Waals surface area contributed by atoms with Crippen molar-refractivity contribution in [2.75, 3.05) is 13.2 Å². The van der Waals surface area contributed by atoms with Crippen LogP contribution in [-0.4, -0.2) is 45.5 Å². The third-order valence-corrected chi connectivity index (χ3v) is 4.54. The third-order valence-electron chi connectivity index (χ3n) is 4.54. The number of ether oxygens (including phenoxy) is 1. The fourth-order valence-corrected chi connectivity index (χ4v) is 3.40. The molecule has 138 valence electrons. The van der Waals surface area contributed by atoms with Crippen molar-refractivity contribution in [2.24, 2.45) is 0 Å². The molecule has 7 heteroatoms. The lowest BCUT2D eigenvalue weighted by molar-refractivity contribution is -0.138. The minimum atomic E-state index is -0.965. The number of carboxylic acids is 1. The first kappa shape index (κ1) is 18.1. The molecule has 2 heterocycles. The summed E-state index contributed by atoms with van der Waals surface area (Å²) in [5, 5.41) is 16.4. The van der Waals surface area contributed by atoms with Gasteiger partial charge in [0.2, 0.25) is 0 Å². The summed E-state index contributed by atoms with van der Waals surface area (Å²) in [5.74, 6) is -1.35. The van der Waals surface area contributed by atoms with Gasteiger partial charge in [0.25, 0.3) is 5.91 Å². The number of nitrogens with zero attached hydrogens (tertiary/aromatic N) is 2. The zero-order valence-corrected chi connectivity index (χ0v) is 15.2. The zero-order chi connectivity index (χ0) is 18.9. The van der Waals surface area contributed by atoms with E-state index in [9.17, 15) is 9.59 Å². The smallest absolute Gasteiger partial charge is 0.305 e. The molecule has 26 heavy (non-hydrogen) atoms. The van der Waals surface area contributed by atoms with Crippen molar-refractivity contribution in [2.45, 2.75) is 39.2 Å². The minimum absolute atomic E-state index is 0.171. The first-order chi connectivity index (χ1) is 12.3. The van der Waals surface area contributed by atoms with Crippen LogP contribution in [0.2, 0.25) is 0 Å². The van der Waals surface area contributed by atoms with E-state index in [4.69, 9.17) is 9.84 Å². The molecular formula is C19H23N3O4. The van der Waals surface area contributed by atoms with E-state index >= 15 is 0 Å². The minimum Gasteiger partial charge on any atom is -0.481 e. The Balaban J connectivity index is 1.86. The highest BCUT2D eigenvalue weighted by atomic mass is 16.5. The van der Waals surface area contributed by atoms with Crippen LogP contribution in [0.5, 0.6) is 0 Å². The fourth-order valence-electron chi connectivity index (χ4n) is 3.40. The summed E-state index contributed by atoms with van der Waals surface area (Å²) < 4.78 is 7.05. The number of aromatic nitrogens is 2. The Labute approximate surface area is 152 Å². The summed E-state index contributed by atoms with van der Waals surface area (Å²) in [4.78, 5) is 23.8. The maximum atomic E-state index is 12.7. The first-order valence-corrected chi connectivity index (χ1v) is 8.55. The fraction of sp³-hybridized carbons (Fsp3) is 0.421. The average molecular weight is 357 g/mol. The van der Waals surface area contributed by atoms with Crippen LogP contribution < -0.4 is 5.32 Å². The molecule has 0 bridgehead atoms. The van der Waals surface area contributed by atoms with E-state index < -0.39 is 11.5 Å². The van der Waals surface area contributed by atoms with Crippen LogP contribution in [0.1, 0.15) is 40.2 Å². The van der Waals surface area contributed by atoms with E-state index in [1.807, 2.05) is 32.9 Å². The Bertz CT molecular complexity index is 830. The van der Waals surface area contributed by atoms with Gasteiger partial charge >= 0.3 is 5.97 Å². The van der Waals surface area contributed by atoms with Crippen molar-refractivity contribution in [3.8, 4) is 5.69 Å². The molecule has 1 atom stereocenters. The van der Waals surface area contributed by atoms with Crippen molar-refractivity contribution in [1.29, 1.82) is 0 Å². The monoisotopic (exact) mass is 357 g/mol. The second kappa shape index (κ2) is 6.92. The zero-order valence-electron chi connectivity index (χ0n) is 15.2. The van der Waals surface area contributed by atoms with E-state index in [0.717, 1.165) is 22.5 Å².